The fourth-order valence-corrected chi connectivity index (χ4v) is 6.60. The number of hydrogen-bond acceptors (Lipinski definition) is 8. The summed E-state index contributed by atoms with van der Waals surface area (Å²) in [6.45, 7) is 16.1. The fraction of sp³-hybridized carbons (Fsp3) is 0.778. The van der Waals surface area contributed by atoms with Gasteiger partial charge in [0.15, 0.2) is 6.10 Å². The molecular weight excluding hydrogens is 616 g/mol. The zero-order valence-corrected chi connectivity index (χ0v) is 30.8. The Labute approximate surface area is 287 Å². The molecule has 0 spiro atoms. The third kappa shape index (κ3) is 9.50. The van der Waals surface area contributed by atoms with E-state index in [-0.39, 0.29) is 24.8 Å². The van der Waals surface area contributed by atoms with E-state index in [4.69, 9.17) is 15.9 Å². The second kappa shape index (κ2) is 17.7. The lowest BCUT2D eigenvalue weighted by molar-refractivity contribution is -0.172. The molecule has 2 aliphatic rings. The number of amides is 4. The standard InChI is InChI=1S/C36H58N4O8/c1-13-14-15-18-26-24(10)31(41)37-27(20(2)3)33(43)39(12)29(22(6)7)36(46)48-30(23(8)9)34(44)40-19-16-17-25(40)32(42)38(11)28(21(4)5)35(45)47-26/h1,20-30H,14-19H2,2-12H3,(H,37,41)/t24-,25-,26+,27-,28-,29-,30-/m1/s1. The first-order valence-electron chi connectivity index (χ1n) is 17.4. The number of esters is 2. The third-order valence-corrected chi connectivity index (χ3v) is 9.47. The molecule has 4 amide bonds. The number of cyclic esters (lactones) is 2. The second-order valence-electron chi connectivity index (χ2n) is 14.7. The van der Waals surface area contributed by atoms with Crippen LogP contribution in [0.5, 0.6) is 0 Å². The van der Waals surface area contributed by atoms with Crippen LogP contribution >= 0.6 is 0 Å². The second-order valence-corrected chi connectivity index (χ2v) is 14.7. The smallest absolute Gasteiger partial charge is 0.329 e. The monoisotopic (exact) mass is 674 g/mol. The van der Waals surface area contributed by atoms with Crippen LogP contribution in [0, 0.1) is 41.9 Å². The van der Waals surface area contributed by atoms with Crippen LogP contribution in [0.4, 0.5) is 0 Å². The number of fused-ring (bicyclic) bond motifs is 1. The predicted octanol–water partition coefficient (Wildman–Crippen LogP) is 3.02. The van der Waals surface area contributed by atoms with Gasteiger partial charge in [-0.1, -0.05) is 62.3 Å². The van der Waals surface area contributed by atoms with Gasteiger partial charge in [0.25, 0.3) is 5.91 Å². The summed E-state index contributed by atoms with van der Waals surface area (Å²) in [5, 5.41) is 2.84. The molecule has 12 heteroatoms. The van der Waals surface area contributed by atoms with E-state index in [0.29, 0.717) is 25.7 Å². The predicted molar refractivity (Wildman–Crippen MR) is 181 cm³/mol. The number of nitrogens with zero attached hydrogens (tertiary/aromatic N) is 3. The van der Waals surface area contributed by atoms with Gasteiger partial charge in [-0.2, -0.15) is 0 Å². The molecule has 2 aliphatic heterocycles. The first-order valence-corrected chi connectivity index (χ1v) is 17.4. The molecule has 2 fully saturated rings. The number of unbranched alkanes of at least 4 members (excludes halogenated alkanes) is 1. The summed E-state index contributed by atoms with van der Waals surface area (Å²) >= 11 is 0. The number of hydrogen-bond donors (Lipinski definition) is 1. The van der Waals surface area contributed by atoms with Gasteiger partial charge in [0.1, 0.15) is 30.3 Å². The van der Waals surface area contributed by atoms with E-state index < -0.39 is 89.7 Å². The lowest BCUT2D eigenvalue weighted by atomic mass is 9.95. The van der Waals surface area contributed by atoms with Gasteiger partial charge in [-0.3, -0.25) is 19.2 Å². The number of likely N-dealkylation sites (N-methyl/N-ethyl adjacent to an activating group) is 2. The van der Waals surface area contributed by atoms with Crippen molar-refractivity contribution in [2.24, 2.45) is 29.6 Å². The average molecular weight is 675 g/mol. The van der Waals surface area contributed by atoms with E-state index in [0.717, 1.165) is 0 Å². The third-order valence-electron chi connectivity index (χ3n) is 9.47. The number of carbonyl (C=O) groups is 6. The van der Waals surface area contributed by atoms with Crippen molar-refractivity contribution in [3.8, 4) is 12.3 Å². The van der Waals surface area contributed by atoms with Crippen LogP contribution in [0.2, 0.25) is 0 Å². The molecule has 0 aliphatic carbocycles. The van der Waals surface area contributed by atoms with Gasteiger partial charge in [-0.25, -0.2) is 9.59 Å². The lowest BCUT2D eigenvalue weighted by Crippen LogP contribution is -2.57. The zero-order valence-electron chi connectivity index (χ0n) is 30.8. The van der Waals surface area contributed by atoms with Gasteiger partial charge in [-0.05, 0) is 49.4 Å². The van der Waals surface area contributed by atoms with Crippen molar-refractivity contribution in [1.29, 1.82) is 0 Å². The Morgan fingerprint density at radius 3 is 1.83 bits per heavy atom. The molecule has 0 aromatic carbocycles. The first-order chi connectivity index (χ1) is 22.4. The van der Waals surface area contributed by atoms with Crippen molar-refractivity contribution in [2.45, 2.75) is 131 Å². The molecule has 0 radical (unpaired) electrons. The highest BCUT2D eigenvalue weighted by Crippen LogP contribution is 2.27. The fourth-order valence-electron chi connectivity index (χ4n) is 6.60. The summed E-state index contributed by atoms with van der Waals surface area (Å²) < 4.78 is 11.9. The van der Waals surface area contributed by atoms with Crippen molar-refractivity contribution in [3.63, 3.8) is 0 Å². The Kier molecular flexibility index (Phi) is 14.9. The largest absolute Gasteiger partial charge is 0.460 e. The minimum Gasteiger partial charge on any atom is -0.460 e. The Morgan fingerprint density at radius 1 is 0.792 bits per heavy atom. The normalized spacial score (nSPS) is 29.0. The molecule has 0 unspecified atom stereocenters. The van der Waals surface area contributed by atoms with Crippen LogP contribution in [0.1, 0.15) is 94.4 Å². The van der Waals surface area contributed by atoms with Gasteiger partial charge in [-0.15, -0.1) is 12.3 Å². The van der Waals surface area contributed by atoms with Crippen molar-refractivity contribution in [3.05, 3.63) is 0 Å². The molecule has 1 N–H and O–H groups in total. The van der Waals surface area contributed by atoms with Gasteiger partial charge in [0.2, 0.25) is 17.7 Å². The van der Waals surface area contributed by atoms with Crippen LogP contribution < -0.4 is 5.32 Å². The van der Waals surface area contributed by atoms with Gasteiger partial charge >= 0.3 is 11.9 Å². The molecule has 0 saturated carbocycles. The number of ether oxygens (including phenoxy) is 2. The molecule has 7 atom stereocenters. The lowest BCUT2D eigenvalue weighted by Gasteiger charge is -2.36. The molecule has 2 saturated heterocycles. The summed E-state index contributed by atoms with van der Waals surface area (Å²) in [6, 6.07) is -3.95. The van der Waals surface area contributed by atoms with E-state index >= 15 is 0 Å². The van der Waals surface area contributed by atoms with Crippen LogP contribution in [-0.4, -0.2) is 107 Å². The summed E-state index contributed by atoms with van der Waals surface area (Å²) in [7, 11) is 3.00. The first kappa shape index (κ1) is 40.6. The van der Waals surface area contributed by atoms with Crippen molar-refractivity contribution in [1.82, 2.24) is 20.0 Å². The summed E-state index contributed by atoms with van der Waals surface area (Å²) in [6.07, 6.45) is 5.48. The van der Waals surface area contributed by atoms with E-state index in [1.54, 1.807) is 62.3 Å². The number of carbonyl (C=O) groups excluding carboxylic acids is 6. The highest BCUT2D eigenvalue weighted by Gasteiger charge is 2.45. The molecule has 0 bridgehead atoms. The van der Waals surface area contributed by atoms with Crippen LogP contribution in [0.25, 0.3) is 0 Å². The zero-order chi connectivity index (χ0) is 36.6. The molecule has 2 rings (SSSR count). The molecule has 12 nitrogen and oxygen atoms in total. The average Bonchev–Trinajstić information content (AvgIpc) is 3.49. The van der Waals surface area contributed by atoms with E-state index in [1.165, 1.54) is 28.8 Å². The molecule has 2 heterocycles. The minimum atomic E-state index is -1.21. The maximum Gasteiger partial charge on any atom is 0.329 e. The number of nitrogens with one attached hydrogen (secondary N) is 1. The Hall–Kier alpha value is -3.62. The van der Waals surface area contributed by atoms with Crippen molar-refractivity contribution < 1.29 is 38.2 Å². The van der Waals surface area contributed by atoms with Crippen molar-refractivity contribution in [2.75, 3.05) is 20.6 Å². The summed E-state index contributed by atoms with van der Waals surface area (Å²) in [5.41, 5.74) is 0. The van der Waals surface area contributed by atoms with Crippen LogP contribution in [0.15, 0.2) is 0 Å². The summed E-state index contributed by atoms with van der Waals surface area (Å²) in [4.78, 5) is 87.5. The molecule has 0 aromatic rings. The van der Waals surface area contributed by atoms with E-state index in [1.807, 2.05) is 0 Å². The van der Waals surface area contributed by atoms with E-state index in [9.17, 15) is 28.8 Å². The van der Waals surface area contributed by atoms with Crippen molar-refractivity contribution >= 4 is 35.6 Å². The van der Waals surface area contributed by atoms with Crippen LogP contribution in [0.3, 0.4) is 0 Å². The number of rotatable bonds is 7. The summed E-state index contributed by atoms with van der Waals surface area (Å²) in [5.74, 6) is -3.23. The molecular formula is C36H58N4O8. The SMILES string of the molecule is C#CCCC[C@@H]1OC(=O)[C@@H](C(C)C)N(C)C(=O)[C@H]2CCCN2C(=O)[C@@H](C(C)C)OC(=O)[C@@H](C(C)C)N(C)C(=O)[C@@H](C(C)C)NC(=O)[C@@H]1C. The maximum absolute atomic E-state index is 14.0. The Balaban J connectivity index is 2.71. The molecule has 270 valence electrons. The molecule has 0 aromatic heterocycles. The van der Waals surface area contributed by atoms with Gasteiger partial charge < -0.3 is 29.5 Å². The van der Waals surface area contributed by atoms with Gasteiger partial charge in [0, 0.05) is 27.1 Å². The van der Waals surface area contributed by atoms with Gasteiger partial charge in [0.05, 0.1) is 5.92 Å². The quantitative estimate of drug-likeness (QED) is 0.247. The Bertz CT molecular complexity index is 1220. The highest BCUT2D eigenvalue weighted by atomic mass is 16.6. The number of terminal acetylenes is 1. The maximum atomic E-state index is 14.0. The highest BCUT2D eigenvalue weighted by molar-refractivity contribution is 5.95. The molecule has 48 heavy (non-hydrogen) atoms. The minimum absolute atomic E-state index is 0.283. The van der Waals surface area contributed by atoms with E-state index in [2.05, 4.69) is 11.2 Å². The topological polar surface area (TPSA) is 143 Å². The Morgan fingerprint density at radius 2 is 1.33 bits per heavy atom. The van der Waals surface area contributed by atoms with Crippen LogP contribution in [-0.2, 0) is 38.2 Å².